The van der Waals surface area contributed by atoms with Crippen LogP contribution in [0.5, 0.6) is 0 Å². The van der Waals surface area contributed by atoms with Crippen molar-refractivity contribution in [3.8, 4) is 0 Å². The zero-order chi connectivity index (χ0) is 11.2. The van der Waals surface area contributed by atoms with Crippen molar-refractivity contribution in [1.82, 2.24) is 4.90 Å². The van der Waals surface area contributed by atoms with E-state index in [1.54, 1.807) is 0 Å². The van der Waals surface area contributed by atoms with Crippen LogP contribution in [0.25, 0.3) is 0 Å². The van der Waals surface area contributed by atoms with Crippen LogP contribution >= 0.6 is 23.4 Å². The van der Waals surface area contributed by atoms with Gasteiger partial charge in [-0.1, -0.05) is 0 Å². The highest BCUT2D eigenvalue weighted by molar-refractivity contribution is 8.00. The van der Waals surface area contributed by atoms with Gasteiger partial charge in [0.15, 0.2) is 0 Å². The number of β-lactam (4-membered cyclic amide) rings is 1. The number of rotatable bonds is 2. The number of fused-ring (bicyclic) bond motifs is 1. The van der Waals surface area contributed by atoms with Gasteiger partial charge < -0.3 is 10.8 Å². The zero-order valence-corrected chi connectivity index (χ0v) is 9.22. The largest absolute Gasteiger partial charge is 0.477 e. The molecule has 7 heteroatoms. The molecule has 5 nitrogen and oxygen atoms in total. The lowest BCUT2D eigenvalue weighted by molar-refractivity contribution is -0.147. The van der Waals surface area contributed by atoms with E-state index in [2.05, 4.69) is 0 Å². The van der Waals surface area contributed by atoms with E-state index in [9.17, 15) is 9.59 Å². The van der Waals surface area contributed by atoms with Crippen molar-refractivity contribution in [3.05, 3.63) is 11.3 Å². The predicted octanol–water partition coefficient (Wildman–Crippen LogP) is -0.194. The summed E-state index contributed by atoms with van der Waals surface area (Å²) in [6.45, 7) is 0. The molecule has 2 heterocycles. The maximum atomic E-state index is 11.4. The first kappa shape index (κ1) is 10.8. The summed E-state index contributed by atoms with van der Waals surface area (Å²) in [5, 5.41) is 8.77. The number of carboxylic acid groups (broad SMARTS) is 1. The Kier molecular flexibility index (Phi) is 2.66. The van der Waals surface area contributed by atoms with Crippen LogP contribution in [0.3, 0.4) is 0 Å². The highest BCUT2D eigenvalue weighted by Crippen LogP contribution is 2.39. The standard InChI is InChI=1S/C8H9ClN2O3S/c9-1-3-2-15-7-4(10)6(12)11(7)5(3)8(13)14/h4,7H,1-2,10H2,(H,13,14)/t4-,7?/m1/s1. The molecule has 1 fully saturated rings. The van der Waals surface area contributed by atoms with E-state index in [4.69, 9.17) is 22.4 Å². The minimum absolute atomic E-state index is 0.0143. The van der Waals surface area contributed by atoms with Crippen LogP contribution in [-0.4, -0.2) is 44.9 Å². The molecule has 1 saturated heterocycles. The van der Waals surface area contributed by atoms with E-state index >= 15 is 0 Å². The zero-order valence-electron chi connectivity index (χ0n) is 7.64. The number of aliphatic carboxylic acids is 1. The smallest absolute Gasteiger partial charge is 0.352 e. The molecule has 82 valence electrons. The number of hydrogen-bond donors (Lipinski definition) is 2. The lowest BCUT2D eigenvalue weighted by Gasteiger charge is -2.47. The molecule has 0 spiro atoms. The molecule has 0 aromatic carbocycles. The molecule has 2 aliphatic heterocycles. The topological polar surface area (TPSA) is 83.6 Å². The first-order valence-electron chi connectivity index (χ1n) is 4.29. The van der Waals surface area contributed by atoms with Crippen LogP contribution in [0.4, 0.5) is 0 Å². The van der Waals surface area contributed by atoms with Crippen molar-refractivity contribution in [3.63, 3.8) is 0 Å². The van der Waals surface area contributed by atoms with Gasteiger partial charge in [0.05, 0.1) is 0 Å². The summed E-state index contributed by atoms with van der Waals surface area (Å²) in [6.07, 6.45) is 0. The molecule has 0 radical (unpaired) electrons. The second-order valence-corrected chi connectivity index (χ2v) is 4.70. The average molecular weight is 249 g/mol. The van der Waals surface area contributed by atoms with Crippen molar-refractivity contribution in [1.29, 1.82) is 0 Å². The van der Waals surface area contributed by atoms with Crippen LogP contribution in [0.1, 0.15) is 0 Å². The van der Waals surface area contributed by atoms with Crippen molar-refractivity contribution < 1.29 is 14.7 Å². The molecule has 2 atom stereocenters. The summed E-state index contributed by atoms with van der Waals surface area (Å²) in [4.78, 5) is 23.7. The van der Waals surface area contributed by atoms with Crippen LogP contribution in [0, 0.1) is 0 Å². The van der Waals surface area contributed by atoms with Gasteiger partial charge in [0.25, 0.3) is 0 Å². The number of carbonyl (C=O) groups excluding carboxylic acids is 1. The van der Waals surface area contributed by atoms with Crippen LogP contribution in [0.2, 0.25) is 0 Å². The van der Waals surface area contributed by atoms with Gasteiger partial charge in [-0.05, 0) is 5.57 Å². The molecule has 1 unspecified atom stereocenters. The number of halogens is 1. The Hall–Kier alpha value is -0.720. The van der Waals surface area contributed by atoms with Crippen molar-refractivity contribution in [2.45, 2.75) is 11.4 Å². The van der Waals surface area contributed by atoms with Gasteiger partial charge in [0.1, 0.15) is 17.1 Å². The Morgan fingerprint density at radius 1 is 1.73 bits per heavy atom. The first-order chi connectivity index (χ1) is 7.07. The Labute approximate surface area is 95.2 Å². The van der Waals surface area contributed by atoms with Gasteiger partial charge in [0, 0.05) is 11.6 Å². The van der Waals surface area contributed by atoms with Gasteiger partial charge in [-0.2, -0.15) is 0 Å². The average Bonchev–Trinajstić information content (AvgIpc) is 2.25. The van der Waals surface area contributed by atoms with Crippen LogP contribution in [-0.2, 0) is 9.59 Å². The van der Waals surface area contributed by atoms with Gasteiger partial charge >= 0.3 is 5.97 Å². The number of hydrogen-bond acceptors (Lipinski definition) is 4. The van der Waals surface area contributed by atoms with E-state index in [0.717, 1.165) is 0 Å². The Balaban J connectivity index is 2.38. The Morgan fingerprint density at radius 2 is 2.40 bits per heavy atom. The van der Waals surface area contributed by atoms with Crippen LogP contribution < -0.4 is 5.73 Å². The minimum Gasteiger partial charge on any atom is -0.477 e. The first-order valence-corrected chi connectivity index (χ1v) is 5.87. The van der Waals surface area contributed by atoms with Crippen molar-refractivity contribution >= 4 is 35.2 Å². The monoisotopic (exact) mass is 248 g/mol. The van der Waals surface area contributed by atoms with Gasteiger partial charge in [0.2, 0.25) is 5.91 Å². The number of thioether (sulfide) groups is 1. The number of amides is 1. The number of carbonyl (C=O) groups is 2. The number of nitrogens with two attached hydrogens (primary N) is 1. The van der Waals surface area contributed by atoms with Gasteiger partial charge in [-0.15, -0.1) is 23.4 Å². The SMILES string of the molecule is N[C@@H]1C(=O)N2C(C(=O)O)=C(CCl)CSC12. The summed E-state index contributed by atoms with van der Waals surface area (Å²) in [5.41, 5.74) is 6.15. The van der Waals surface area contributed by atoms with E-state index in [-0.39, 0.29) is 22.9 Å². The van der Waals surface area contributed by atoms with E-state index < -0.39 is 12.0 Å². The fourth-order valence-electron chi connectivity index (χ4n) is 1.68. The maximum Gasteiger partial charge on any atom is 0.352 e. The van der Waals surface area contributed by atoms with Crippen molar-refractivity contribution in [2.24, 2.45) is 5.73 Å². The molecule has 0 saturated carbocycles. The molecule has 0 aliphatic carbocycles. The molecule has 15 heavy (non-hydrogen) atoms. The van der Waals surface area contributed by atoms with Crippen molar-refractivity contribution in [2.75, 3.05) is 11.6 Å². The highest BCUT2D eigenvalue weighted by Gasteiger charge is 2.51. The Morgan fingerprint density at radius 3 is 2.93 bits per heavy atom. The second-order valence-electron chi connectivity index (χ2n) is 3.33. The Bertz CT molecular complexity index is 371. The fourth-order valence-corrected chi connectivity index (χ4v) is 3.31. The van der Waals surface area contributed by atoms with Gasteiger partial charge in [-0.3, -0.25) is 9.69 Å². The molecule has 0 aromatic heterocycles. The lowest BCUT2D eigenvalue weighted by Crippen LogP contribution is -2.68. The summed E-state index contributed by atoms with van der Waals surface area (Å²) >= 11 is 7.09. The molecule has 3 N–H and O–H groups in total. The normalized spacial score (nSPS) is 30.0. The lowest BCUT2D eigenvalue weighted by atomic mass is 10.0. The summed E-state index contributed by atoms with van der Waals surface area (Å²) in [5.74, 6) is -0.809. The highest BCUT2D eigenvalue weighted by atomic mass is 35.5. The van der Waals surface area contributed by atoms with E-state index in [1.165, 1.54) is 16.7 Å². The summed E-state index contributed by atoms with van der Waals surface area (Å²) < 4.78 is 0. The third-order valence-electron chi connectivity index (χ3n) is 2.45. The third-order valence-corrected chi connectivity index (χ3v) is 4.14. The molecule has 0 aromatic rings. The quantitative estimate of drug-likeness (QED) is 0.523. The minimum atomic E-state index is -1.11. The molecular formula is C8H9ClN2O3S. The molecule has 1 amide bonds. The van der Waals surface area contributed by atoms with E-state index in [0.29, 0.717) is 11.3 Å². The number of nitrogens with zero attached hydrogens (tertiary/aromatic N) is 1. The third kappa shape index (κ3) is 1.44. The summed E-state index contributed by atoms with van der Waals surface area (Å²) in [7, 11) is 0. The molecule has 2 rings (SSSR count). The predicted molar refractivity (Wildman–Crippen MR) is 56.4 cm³/mol. The molecule has 2 aliphatic rings. The maximum absolute atomic E-state index is 11.4. The summed E-state index contributed by atoms with van der Waals surface area (Å²) in [6, 6.07) is -0.582. The number of carboxylic acids is 1. The van der Waals surface area contributed by atoms with Gasteiger partial charge in [-0.25, -0.2) is 4.79 Å². The molecular weight excluding hydrogens is 240 g/mol. The molecule has 0 bridgehead atoms. The fraction of sp³-hybridized carbons (Fsp3) is 0.500. The van der Waals surface area contributed by atoms with Crippen LogP contribution in [0.15, 0.2) is 11.3 Å². The van der Waals surface area contributed by atoms with E-state index in [1.807, 2.05) is 0 Å². The second kappa shape index (κ2) is 3.70. The number of alkyl halides is 1.